The number of rotatable bonds is 18. The fourth-order valence-electron chi connectivity index (χ4n) is 7.51. The van der Waals surface area contributed by atoms with E-state index in [4.69, 9.17) is 14.2 Å². The van der Waals surface area contributed by atoms with Crippen molar-refractivity contribution in [2.24, 2.45) is 23.7 Å². The number of allylic oxidation sites excluding steroid dienone is 3. The van der Waals surface area contributed by atoms with Crippen LogP contribution in [0.25, 0.3) is 0 Å². The summed E-state index contributed by atoms with van der Waals surface area (Å²) in [5.74, 6) is -0.680. The molecule has 1 spiro atoms. The van der Waals surface area contributed by atoms with Crippen LogP contribution in [0.3, 0.4) is 0 Å². The Kier molecular flexibility index (Phi) is 17.6. The Hall–Kier alpha value is -2.11. The second-order valence-corrected chi connectivity index (χ2v) is 15.7. The monoisotopic (exact) mass is 704 g/mol. The molecule has 0 radical (unpaired) electrons. The van der Waals surface area contributed by atoms with Crippen LogP contribution in [0.2, 0.25) is 0 Å². The Balaban J connectivity index is 1.36. The Labute approximate surface area is 301 Å². The van der Waals surface area contributed by atoms with E-state index in [9.17, 15) is 24.6 Å². The summed E-state index contributed by atoms with van der Waals surface area (Å²) in [4.78, 5) is 37.6. The van der Waals surface area contributed by atoms with Crippen molar-refractivity contribution < 1.29 is 38.8 Å². The van der Waals surface area contributed by atoms with Gasteiger partial charge in [-0.15, -0.1) is 0 Å². The zero-order valence-corrected chi connectivity index (χ0v) is 32.0. The van der Waals surface area contributed by atoms with Gasteiger partial charge in [0.15, 0.2) is 11.6 Å². The summed E-state index contributed by atoms with van der Waals surface area (Å²) >= 11 is 0. The number of ketones is 1. The summed E-state index contributed by atoms with van der Waals surface area (Å²) in [6.45, 7) is 14.2. The van der Waals surface area contributed by atoms with Crippen molar-refractivity contribution >= 4 is 17.6 Å². The van der Waals surface area contributed by atoms with Crippen LogP contribution in [0.1, 0.15) is 132 Å². The van der Waals surface area contributed by atoms with E-state index in [2.05, 4.69) is 30.6 Å². The molecule has 10 heteroatoms. The van der Waals surface area contributed by atoms with Crippen LogP contribution in [0.15, 0.2) is 23.8 Å². The van der Waals surface area contributed by atoms with Gasteiger partial charge in [0.1, 0.15) is 0 Å². The molecule has 3 heterocycles. The SMILES string of the molecule is C/C=C/C(=O)C[C@@H]1CC[C@@H](C)[C@H](CC(=O)NC[C@@H](O)[C@@H](C)C(=O)NCCC[C@H]2O[C@@]3(CCC[C@@H](CC[C@H](C)/C=C(\C)[C@H](C)O)O3)CC[C@@H]2C)O1. The van der Waals surface area contributed by atoms with Crippen molar-refractivity contribution in [3.8, 4) is 0 Å². The number of hydrogen-bond donors (Lipinski definition) is 4. The lowest BCUT2D eigenvalue weighted by Crippen LogP contribution is -2.50. The standard InChI is InChI=1S/C40H68N2O8/c1-8-11-32(44)23-34-17-15-27(3)37(48-34)24-38(46)42-25-35(45)30(6)39(47)41-21-10-13-36-28(4)18-20-40(50-36)19-9-12-33(49-40)16-14-26(2)22-29(5)31(7)43/h8,11,22,26-28,30-31,33-37,43,45H,9-10,12-21,23-25H2,1-7H3,(H,41,47)(H,42,46)/b11-8+,29-22+/t26-,27+,28-,30+,31-,33-,34-,35+,36+,37-,40-/m0/s1. The molecule has 3 aliphatic heterocycles. The molecule has 2 amide bonds. The first-order valence-corrected chi connectivity index (χ1v) is 19.5. The quantitative estimate of drug-likeness (QED) is 0.0782. The van der Waals surface area contributed by atoms with Crippen LogP contribution >= 0.6 is 0 Å². The topological polar surface area (TPSA) is 143 Å². The first-order chi connectivity index (χ1) is 23.7. The molecular formula is C40H68N2O8. The molecule has 0 aromatic heterocycles. The van der Waals surface area contributed by atoms with Crippen LogP contribution in [-0.4, -0.2) is 83.3 Å². The van der Waals surface area contributed by atoms with Crippen molar-refractivity contribution in [3.05, 3.63) is 23.8 Å². The van der Waals surface area contributed by atoms with Gasteiger partial charge in [0, 0.05) is 32.4 Å². The van der Waals surface area contributed by atoms with Crippen molar-refractivity contribution in [1.29, 1.82) is 0 Å². The van der Waals surface area contributed by atoms with Gasteiger partial charge in [0.2, 0.25) is 11.8 Å². The summed E-state index contributed by atoms with van der Waals surface area (Å²) in [6, 6.07) is 0. The first-order valence-electron chi connectivity index (χ1n) is 19.5. The number of nitrogens with one attached hydrogen (secondary N) is 2. The van der Waals surface area contributed by atoms with Crippen molar-refractivity contribution in [3.63, 3.8) is 0 Å². The van der Waals surface area contributed by atoms with E-state index >= 15 is 0 Å². The van der Waals surface area contributed by atoms with E-state index in [0.29, 0.717) is 24.8 Å². The van der Waals surface area contributed by atoms with Crippen LogP contribution in [0, 0.1) is 23.7 Å². The predicted molar refractivity (Wildman–Crippen MR) is 195 cm³/mol. The van der Waals surface area contributed by atoms with Gasteiger partial charge in [-0.25, -0.2) is 0 Å². The molecule has 4 N–H and O–H groups in total. The van der Waals surface area contributed by atoms with Gasteiger partial charge in [-0.1, -0.05) is 39.8 Å². The molecule has 50 heavy (non-hydrogen) atoms. The Morgan fingerprint density at radius 1 is 0.900 bits per heavy atom. The van der Waals surface area contributed by atoms with E-state index in [-0.39, 0.29) is 60.9 Å². The van der Waals surface area contributed by atoms with E-state index in [1.807, 2.05) is 20.8 Å². The largest absolute Gasteiger partial charge is 0.390 e. The summed E-state index contributed by atoms with van der Waals surface area (Å²) in [5, 5.41) is 26.2. The van der Waals surface area contributed by atoms with Crippen LogP contribution in [0.4, 0.5) is 0 Å². The maximum absolute atomic E-state index is 12.9. The number of ether oxygens (including phenoxy) is 3. The zero-order valence-electron chi connectivity index (χ0n) is 32.0. The molecule has 0 saturated carbocycles. The predicted octanol–water partition coefficient (Wildman–Crippen LogP) is 5.93. The van der Waals surface area contributed by atoms with Crippen LogP contribution in [-0.2, 0) is 28.6 Å². The molecule has 0 aromatic carbocycles. The Bertz CT molecular complexity index is 1140. The average molecular weight is 705 g/mol. The van der Waals surface area contributed by atoms with Gasteiger partial charge in [0.25, 0.3) is 0 Å². The van der Waals surface area contributed by atoms with Gasteiger partial charge >= 0.3 is 0 Å². The molecule has 3 aliphatic rings. The summed E-state index contributed by atoms with van der Waals surface area (Å²) in [5.41, 5.74) is 1.01. The lowest BCUT2D eigenvalue weighted by molar-refractivity contribution is -0.324. The van der Waals surface area contributed by atoms with Crippen molar-refractivity contribution in [2.45, 2.75) is 174 Å². The van der Waals surface area contributed by atoms with E-state index in [0.717, 1.165) is 76.2 Å². The molecule has 10 nitrogen and oxygen atoms in total. The third kappa shape index (κ3) is 13.8. The van der Waals surface area contributed by atoms with Crippen molar-refractivity contribution in [1.82, 2.24) is 10.6 Å². The minimum Gasteiger partial charge on any atom is -0.390 e. The third-order valence-electron chi connectivity index (χ3n) is 11.2. The Morgan fingerprint density at radius 2 is 1.64 bits per heavy atom. The first kappa shape index (κ1) is 42.3. The van der Waals surface area contributed by atoms with Gasteiger partial charge < -0.3 is 35.1 Å². The number of carbonyl (C=O) groups is 3. The molecule has 286 valence electrons. The van der Waals surface area contributed by atoms with Gasteiger partial charge in [-0.3, -0.25) is 14.4 Å². The maximum atomic E-state index is 12.9. The van der Waals surface area contributed by atoms with Crippen LogP contribution in [0.5, 0.6) is 0 Å². The molecule has 0 aliphatic carbocycles. The van der Waals surface area contributed by atoms with Gasteiger partial charge in [0.05, 0.1) is 49.0 Å². The molecule has 11 atom stereocenters. The second kappa shape index (κ2) is 20.8. The lowest BCUT2D eigenvalue weighted by atomic mass is 9.85. The van der Waals surface area contributed by atoms with Crippen LogP contribution < -0.4 is 10.6 Å². The molecular weight excluding hydrogens is 636 g/mol. The van der Waals surface area contributed by atoms with E-state index in [1.165, 1.54) is 0 Å². The highest BCUT2D eigenvalue weighted by molar-refractivity contribution is 5.89. The molecule has 3 fully saturated rings. The minimum absolute atomic E-state index is 0.0223. The highest BCUT2D eigenvalue weighted by Gasteiger charge is 2.44. The zero-order chi connectivity index (χ0) is 36.8. The minimum atomic E-state index is -1.02. The lowest BCUT2D eigenvalue weighted by Gasteiger charge is -2.48. The molecule has 0 aromatic rings. The average Bonchev–Trinajstić information content (AvgIpc) is 3.07. The molecule has 3 rings (SSSR count). The number of aliphatic hydroxyl groups excluding tert-OH is 2. The number of carbonyl (C=O) groups excluding carboxylic acids is 3. The summed E-state index contributed by atoms with van der Waals surface area (Å²) < 4.78 is 19.5. The Morgan fingerprint density at radius 3 is 2.36 bits per heavy atom. The number of hydrogen-bond acceptors (Lipinski definition) is 8. The molecule has 3 saturated heterocycles. The van der Waals surface area contributed by atoms with Crippen molar-refractivity contribution in [2.75, 3.05) is 13.1 Å². The fourth-order valence-corrected chi connectivity index (χ4v) is 7.51. The maximum Gasteiger partial charge on any atom is 0.225 e. The summed E-state index contributed by atoms with van der Waals surface area (Å²) in [7, 11) is 0. The molecule has 0 bridgehead atoms. The summed E-state index contributed by atoms with van der Waals surface area (Å²) in [6.07, 6.45) is 14.5. The third-order valence-corrected chi connectivity index (χ3v) is 11.2. The van der Waals surface area contributed by atoms with E-state index in [1.54, 1.807) is 26.0 Å². The van der Waals surface area contributed by atoms with Gasteiger partial charge in [-0.2, -0.15) is 0 Å². The highest BCUT2D eigenvalue weighted by Crippen LogP contribution is 2.43. The number of amides is 2. The van der Waals surface area contributed by atoms with Gasteiger partial charge in [-0.05, 0) is 108 Å². The van der Waals surface area contributed by atoms with E-state index < -0.39 is 23.9 Å². The molecule has 0 unspecified atom stereocenters. The number of aliphatic hydroxyl groups is 2. The normalized spacial score (nSPS) is 31.6. The second-order valence-electron chi connectivity index (χ2n) is 15.7. The fraction of sp³-hybridized carbons (Fsp3) is 0.825. The smallest absolute Gasteiger partial charge is 0.225 e. The highest BCUT2D eigenvalue weighted by atomic mass is 16.7.